The molecule has 0 atom stereocenters. The van der Waals surface area contributed by atoms with Crippen molar-refractivity contribution in [3.05, 3.63) is 59.2 Å². The van der Waals surface area contributed by atoms with E-state index >= 15 is 0 Å². The highest BCUT2D eigenvalue weighted by molar-refractivity contribution is 7.80. The van der Waals surface area contributed by atoms with Crippen molar-refractivity contribution in [2.75, 3.05) is 26.4 Å². The van der Waals surface area contributed by atoms with Crippen LogP contribution in [0.15, 0.2) is 47.6 Å². The highest BCUT2D eigenvalue weighted by atomic mass is 32.1. The lowest BCUT2D eigenvalue weighted by atomic mass is 10.1. The van der Waals surface area contributed by atoms with Crippen LogP contribution in [0.2, 0.25) is 0 Å². The molecule has 0 aliphatic rings. The first kappa shape index (κ1) is 20.7. The van der Waals surface area contributed by atoms with E-state index in [1.807, 2.05) is 36.4 Å². The Morgan fingerprint density at radius 2 is 1.70 bits per heavy atom. The first-order valence-corrected chi connectivity index (χ1v) is 9.04. The van der Waals surface area contributed by atoms with E-state index in [1.54, 1.807) is 6.21 Å². The van der Waals surface area contributed by atoms with Crippen molar-refractivity contribution in [3.63, 3.8) is 0 Å². The second-order valence-corrected chi connectivity index (χ2v) is 6.30. The summed E-state index contributed by atoms with van der Waals surface area (Å²) >= 11 is 4.68. The molecule has 0 heterocycles. The summed E-state index contributed by atoms with van der Waals surface area (Å²) in [5.41, 5.74) is 11.2. The molecule has 0 aromatic heterocycles. The Kier molecular flexibility index (Phi) is 8.54. The molecule has 27 heavy (non-hydrogen) atoms. The van der Waals surface area contributed by atoms with Crippen LogP contribution in [0.3, 0.4) is 0 Å². The number of nitrogens with zero attached hydrogens (tertiary/aromatic N) is 1. The van der Waals surface area contributed by atoms with Crippen LogP contribution < -0.4 is 20.6 Å². The van der Waals surface area contributed by atoms with Gasteiger partial charge in [-0.2, -0.15) is 5.10 Å². The molecule has 0 radical (unpaired) electrons. The first-order chi connectivity index (χ1) is 13.0. The third kappa shape index (κ3) is 8.06. The Labute approximate surface area is 165 Å². The summed E-state index contributed by atoms with van der Waals surface area (Å²) in [6, 6.07) is 13.6. The van der Waals surface area contributed by atoms with Crippen LogP contribution in [0.25, 0.3) is 0 Å². The fourth-order valence-corrected chi connectivity index (χ4v) is 2.25. The molecule has 2 aromatic rings. The minimum atomic E-state index is 0.122. The molecule has 3 N–H and O–H groups in total. The maximum absolute atomic E-state index is 5.67. The number of nitrogens with one attached hydrogen (secondary N) is 1. The zero-order valence-corrected chi connectivity index (χ0v) is 16.4. The number of rotatable bonds is 10. The largest absolute Gasteiger partial charge is 0.491 e. The number of thiocarbonyl (C=S) groups is 1. The fourth-order valence-electron chi connectivity index (χ4n) is 2.20. The smallest absolute Gasteiger partial charge is 0.184 e. The zero-order valence-electron chi connectivity index (χ0n) is 15.6. The zero-order chi connectivity index (χ0) is 19.5. The number of hydrazone groups is 1. The third-order valence-electron chi connectivity index (χ3n) is 3.72. The summed E-state index contributed by atoms with van der Waals surface area (Å²) in [5, 5.41) is 4.03. The van der Waals surface area contributed by atoms with Crippen molar-refractivity contribution < 1.29 is 14.2 Å². The molecule has 144 valence electrons. The number of hydrogen-bond acceptors (Lipinski definition) is 5. The first-order valence-electron chi connectivity index (χ1n) is 8.64. The van der Waals surface area contributed by atoms with E-state index in [-0.39, 0.29) is 5.11 Å². The van der Waals surface area contributed by atoms with Crippen LogP contribution in [-0.4, -0.2) is 37.8 Å². The molecule has 2 aromatic carbocycles. The Balaban J connectivity index is 1.61. The van der Waals surface area contributed by atoms with E-state index in [0.717, 1.165) is 17.1 Å². The van der Waals surface area contributed by atoms with Gasteiger partial charge in [-0.15, -0.1) is 0 Å². The summed E-state index contributed by atoms with van der Waals surface area (Å²) in [7, 11) is 0. The maximum Gasteiger partial charge on any atom is 0.184 e. The van der Waals surface area contributed by atoms with Crippen molar-refractivity contribution in [1.29, 1.82) is 0 Å². The molecule has 2 rings (SSSR count). The van der Waals surface area contributed by atoms with Gasteiger partial charge in [0.15, 0.2) is 5.11 Å². The summed E-state index contributed by atoms with van der Waals surface area (Å²) in [4.78, 5) is 0. The van der Waals surface area contributed by atoms with Crippen LogP contribution in [0.1, 0.15) is 16.7 Å². The minimum absolute atomic E-state index is 0.122. The van der Waals surface area contributed by atoms with Gasteiger partial charge in [-0.05, 0) is 67.0 Å². The Morgan fingerprint density at radius 3 is 2.37 bits per heavy atom. The molecule has 0 saturated carbocycles. The van der Waals surface area contributed by atoms with Crippen molar-refractivity contribution in [3.8, 4) is 11.5 Å². The maximum atomic E-state index is 5.67. The molecule has 0 unspecified atom stereocenters. The second kappa shape index (κ2) is 11.2. The van der Waals surface area contributed by atoms with Crippen molar-refractivity contribution in [1.82, 2.24) is 5.43 Å². The van der Waals surface area contributed by atoms with Gasteiger partial charge in [0.1, 0.15) is 24.7 Å². The number of ether oxygens (including phenoxy) is 3. The van der Waals surface area contributed by atoms with Crippen molar-refractivity contribution >= 4 is 23.5 Å². The lowest BCUT2D eigenvalue weighted by molar-refractivity contribution is 0.0764. The predicted octanol–water partition coefficient (Wildman–Crippen LogP) is 2.94. The van der Waals surface area contributed by atoms with E-state index in [1.165, 1.54) is 11.1 Å². The van der Waals surface area contributed by atoms with Crippen LogP contribution >= 0.6 is 12.2 Å². The molecule has 0 aliphatic heterocycles. The minimum Gasteiger partial charge on any atom is -0.491 e. The van der Waals surface area contributed by atoms with E-state index in [2.05, 4.69) is 42.7 Å². The van der Waals surface area contributed by atoms with E-state index in [4.69, 9.17) is 19.9 Å². The van der Waals surface area contributed by atoms with Crippen LogP contribution in [0.5, 0.6) is 11.5 Å². The molecule has 0 saturated heterocycles. The highest BCUT2D eigenvalue weighted by Crippen LogP contribution is 2.16. The van der Waals surface area contributed by atoms with Gasteiger partial charge in [-0.1, -0.05) is 18.2 Å². The lowest BCUT2D eigenvalue weighted by Gasteiger charge is -2.10. The predicted molar refractivity (Wildman–Crippen MR) is 112 cm³/mol. The van der Waals surface area contributed by atoms with Gasteiger partial charge in [0.05, 0.1) is 19.4 Å². The number of benzene rings is 2. The molecule has 0 amide bonds. The van der Waals surface area contributed by atoms with E-state index < -0.39 is 0 Å². The Morgan fingerprint density at radius 1 is 1.00 bits per heavy atom. The molecule has 7 heteroatoms. The summed E-state index contributed by atoms with van der Waals surface area (Å²) in [5.74, 6) is 1.60. The third-order valence-corrected chi connectivity index (χ3v) is 3.81. The number of aryl methyl sites for hydroxylation is 2. The lowest BCUT2D eigenvalue weighted by Crippen LogP contribution is -2.23. The average Bonchev–Trinajstić information content (AvgIpc) is 2.64. The molecular formula is C20H25N3O3S. The molecule has 0 spiro atoms. The fraction of sp³-hybridized carbons (Fsp3) is 0.300. The van der Waals surface area contributed by atoms with Gasteiger partial charge >= 0.3 is 0 Å². The van der Waals surface area contributed by atoms with Crippen molar-refractivity contribution in [2.24, 2.45) is 10.8 Å². The van der Waals surface area contributed by atoms with Gasteiger partial charge in [-0.25, -0.2) is 0 Å². The van der Waals surface area contributed by atoms with Gasteiger partial charge in [0.25, 0.3) is 0 Å². The average molecular weight is 388 g/mol. The SMILES string of the molecule is Cc1ccc(OCCOCCOc2cccc(/C=N/NC(N)=S)c2)cc1C. The van der Waals surface area contributed by atoms with Gasteiger partial charge in [-0.3, -0.25) is 5.43 Å². The number of hydrogen-bond donors (Lipinski definition) is 2. The highest BCUT2D eigenvalue weighted by Gasteiger charge is 1.99. The molecular weight excluding hydrogens is 362 g/mol. The molecule has 6 nitrogen and oxygen atoms in total. The monoisotopic (exact) mass is 387 g/mol. The topological polar surface area (TPSA) is 78.1 Å². The Bertz CT molecular complexity index is 781. The molecule has 0 bridgehead atoms. The summed E-state index contributed by atoms with van der Waals surface area (Å²) in [6.45, 7) is 6.10. The number of nitrogens with two attached hydrogens (primary N) is 1. The van der Waals surface area contributed by atoms with Gasteiger partial charge in [0.2, 0.25) is 0 Å². The van der Waals surface area contributed by atoms with E-state index in [9.17, 15) is 0 Å². The van der Waals surface area contributed by atoms with Crippen LogP contribution in [0, 0.1) is 13.8 Å². The van der Waals surface area contributed by atoms with Crippen LogP contribution in [0.4, 0.5) is 0 Å². The summed E-state index contributed by atoms with van der Waals surface area (Å²) in [6.07, 6.45) is 1.62. The quantitative estimate of drug-likeness (QED) is 0.282. The van der Waals surface area contributed by atoms with Crippen LogP contribution in [-0.2, 0) is 4.74 Å². The van der Waals surface area contributed by atoms with Gasteiger partial charge < -0.3 is 19.9 Å². The second-order valence-electron chi connectivity index (χ2n) is 5.86. The van der Waals surface area contributed by atoms with Crippen molar-refractivity contribution in [2.45, 2.75) is 13.8 Å². The normalized spacial score (nSPS) is 10.7. The summed E-state index contributed by atoms with van der Waals surface area (Å²) < 4.78 is 16.9. The molecule has 0 fully saturated rings. The molecule has 0 aliphatic carbocycles. The Hall–Kier alpha value is -2.64. The standard InChI is InChI=1S/C20H25N3O3S/c1-15-6-7-19(12-16(15)2)26-11-9-24-8-10-25-18-5-3-4-17(13-18)14-22-23-20(21)27/h3-7,12-14H,8-11H2,1-2H3,(H3,21,23,27)/b22-14+. The van der Waals surface area contributed by atoms with E-state index in [0.29, 0.717) is 26.4 Å². The van der Waals surface area contributed by atoms with Gasteiger partial charge in [0, 0.05) is 0 Å².